The van der Waals surface area contributed by atoms with Crippen molar-refractivity contribution >= 4 is 44.6 Å². The summed E-state index contributed by atoms with van der Waals surface area (Å²) >= 11 is 13.0. The van der Waals surface area contributed by atoms with Gasteiger partial charge in [-0.1, -0.05) is 23.2 Å². The lowest BCUT2D eigenvalue weighted by Crippen LogP contribution is -1.68. The summed E-state index contributed by atoms with van der Waals surface area (Å²) in [6.45, 7) is 0. The fourth-order valence-electron chi connectivity index (χ4n) is 1.08. The third-order valence-corrected chi connectivity index (χ3v) is 3.15. The van der Waals surface area contributed by atoms with E-state index in [0.717, 1.165) is 4.70 Å². The lowest BCUT2D eigenvalue weighted by molar-refractivity contribution is 0.482. The molecular weight excluding hydrogens is 215 g/mol. The summed E-state index contributed by atoms with van der Waals surface area (Å²) in [6, 6.07) is 3.27. The Hall–Kier alpha value is -0.440. The van der Waals surface area contributed by atoms with Crippen LogP contribution in [0.4, 0.5) is 0 Å². The normalized spacial score (nSPS) is 10.8. The zero-order valence-corrected chi connectivity index (χ0v) is 8.17. The molecule has 0 bridgehead atoms. The lowest BCUT2D eigenvalue weighted by atomic mass is 10.2. The molecule has 2 aromatic rings. The molecule has 1 aromatic heterocycles. The monoisotopic (exact) mass is 218 g/mol. The fraction of sp³-hybridized carbons (Fsp3) is 0. The highest BCUT2D eigenvalue weighted by Crippen LogP contribution is 2.38. The van der Waals surface area contributed by atoms with Crippen molar-refractivity contribution in [2.75, 3.05) is 0 Å². The van der Waals surface area contributed by atoms with Crippen LogP contribution in [0.1, 0.15) is 0 Å². The Morgan fingerprint density at radius 2 is 2.00 bits per heavy atom. The quantitative estimate of drug-likeness (QED) is 0.711. The zero-order valence-electron chi connectivity index (χ0n) is 5.84. The van der Waals surface area contributed by atoms with Crippen molar-refractivity contribution in [1.29, 1.82) is 0 Å². The number of halogens is 2. The van der Waals surface area contributed by atoms with Gasteiger partial charge in [-0.3, -0.25) is 0 Å². The van der Waals surface area contributed by atoms with E-state index in [1.165, 1.54) is 17.4 Å². The summed E-state index contributed by atoms with van der Waals surface area (Å²) in [7, 11) is 0. The highest BCUT2D eigenvalue weighted by atomic mass is 35.5. The number of phenolic OH excluding ortho intramolecular Hbond substituents is 1. The number of rotatable bonds is 0. The lowest BCUT2D eigenvalue weighted by Gasteiger charge is -1.96. The molecular formula is C8H4Cl2OS. The summed E-state index contributed by atoms with van der Waals surface area (Å²) in [6.07, 6.45) is 0. The highest BCUT2D eigenvalue weighted by Gasteiger charge is 2.07. The molecule has 0 saturated heterocycles. The van der Waals surface area contributed by atoms with Crippen molar-refractivity contribution in [3.63, 3.8) is 0 Å². The summed E-state index contributed by atoms with van der Waals surface area (Å²) < 4.78 is 0.907. The minimum atomic E-state index is 0.142. The van der Waals surface area contributed by atoms with Crippen LogP contribution in [-0.2, 0) is 0 Å². The van der Waals surface area contributed by atoms with Crippen molar-refractivity contribution in [3.8, 4) is 5.75 Å². The second kappa shape index (κ2) is 2.80. The average molecular weight is 219 g/mol. The number of phenols is 1. The van der Waals surface area contributed by atoms with Crippen LogP contribution in [-0.4, -0.2) is 5.11 Å². The van der Waals surface area contributed by atoms with E-state index in [-0.39, 0.29) is 5.75 Å². The predicted octanol–water partition coefficient (Wildman–Crippen LogP) is 3.91. The van der Waals surface area contributed by atoms with Crippen LogP contribution in [0.5, 0.6) is 5.75 Å². The van der Waals surface area contributed by atoms with Gasteiger partial charge < -0.3 is 5.11 Å². The van der Waals surface area contributed by atoms with Crippen LogP contribution in [0.2, 0.25) is 10.0 Å². The molecule has 1 heterocycles. The second-order valence-corrected chi connectivity index (χ2v) is 4.14. The van der Waals surface area contributed by atoms with E-state index in [4.69, 9.17) is 23.2 Å². The van der Waals surface area contributed by atoms with Crippen LogP contribution < -0.4 is 0 Å². The Bertz CT molecular complexity index is 436. The maximum Gasteiger partial charge on any atom is 0.127 e. The minimum Gasteiger partial charge on any atom is -0.507 e. The average Bonchev–Trinajstić information content (AvgIpc) is 2.31. The number of thiophene rings is 1. The Balaban J connectivity index is 2.93. The number of benzene rings is 1. The molecule has 0 aliphatic carbocycles. The van der Waals surface area contributed by atoms with Gasteiger partial charge in [0.2, 0.25) is 0 Å². The van der Waals surface area contributed by atoms with Gasteiger partial charge >= 0.3 is 0 Å². The third kappa shape index (κ3) is 1.16. The first kappa shape index (κ1) is 8.17. The fourth-order valence-corrected chi connectivity index (χ4v) is 2.62. The van der Waals surface area contributed by atoms with E-state index in [0.29, 0.717) is 15.4 Å². The van der Waals surface area contributed by atoms with E-state index >= 15 is 0 Å². The molecule has 1 N–H and O–H groups in total. The van der Waals surface area contributed by atoms with E-state index in [1.807, 2.05) is 0 Å². The standard InChI is InChI=1S/C8H4Cl2OS/c9-4-1-6(11)8-5(10)3-12-7(8)2-4/h1-3,11H. The Morgan fingerprint density at radius 1 is 1.25 bits per heavy atom. The molecule has 0 saturated carbocycles. The molecule has 0 fully saturated rings. The molecule has 0 aliphatic rings. The molecule has 12 heavy (non-hydrogen) atoms. The van der Waals surface area contributed by atoms with Gasteiger partial charge in [0.1, 0.15) is 5.75 Å². The van der Waals surface area contributed by atoms with Crippen molar-refractivity contribution in [2.24, 2.45) is 0 Å². The van der Waals surface area contributed by atoms with Crippen molar-refractivity contribution in [2.45, 2.75) is 0 Å². The minimum absolute atomic E-state index is 0.142. The molecule has 0 amide bonds. The van der Waals surface area contributed by atoms with E-state index in [2.05, 4.69) is 0 Å². The summed E-state index contributed by atoms with van der Waals surface area (Å²) in [5.41, 5.74) is 0. The molecule has 0 spiro atoms. The van der Waals surface area contributed by atoms with E-state index < -0.39 is 0 Å². The number of aromatic hydroxyl groups is 1. The third-order valence-electron chi connectivity index (χ3n) is 1.57. The molecule has 0 unspecified atom stereocenters. The van der Waals surface area contributed by atoms with Crippen LogP contribution in [0, 0.1) is 0 Å². The van der Waals surface area contributed by atoms with E-state index in [9.17, 15) is 5.11 Å². The molecule has 62 valence electrons. The second-order valence-electron chi connectivity index (χ2n) is 2.38. The Kier molecular flexibility index (Phi) is 1.91. The highest BCUT2D eigenvalue weighted by molar-refractivity contribution is 7.18. The Morgan fingerprint density at radius 3 is 2.75 bits per heavy atom. The van der Waals surface area contributed by atoms with Gasteiger partial charge in [-0.05, 0) is 12.1 Å². The van der Waals surface area contributed by atoms with Gasteiger partial charge in [-0.25, -0.2) is 0 Å². The molecule has 0 radical (unpaired) electrons. The maximum atomic E-state index is 9.46. The van der Waals surface area contributed by atoms with Gasteiger partial charge in [0.05, 0.1) is 10.4 Å². The van der Waals surface area contributed by atoms with Gasteiger partial charge in [0.15, 0.2) is 0 Å². The van der Waals surface area contributed by atoms with Crippen LogP contribution in [0.25, 0.3) is 10.1 Å². The SMILES string of the molecule is Oc1cc(Cl)cc2scc(Cl)c12. The zero-order chi connectivity index (χ0) is 8.72. The van der Waals surface area contributed by atoms with E-state index in [1.54, 1.807) is 11.4 Å². The topological polar surface area (TPSA) is 20.2 Å². The molecule has 0 atom stereocenters. The predicted molar refractivity (Wildman–Crippen MR) is 53.5 cm³/mol. The number of hydrogen-bond acceptors (Lipinski definition) is 2. The Labute approximate surface area is 83.2 Å². The molecule has 4 heteroatoms. The van der Waals surface area contributed by atoms with Crippen LogP contribution in [0.3, 0.4) is 0 Å². The van der Waals surface area contributed by atoms with Crippen molar-refractivity contribution < 1.29 is 5.11 Å². The van der Waals surface area contributed by atoms with Crippen LogP contribution in [0.15, 0.2) is 17.5 Å². The van der Waals surface area contributed by atoms with Gasteiger partial charge in [0, 0.05) is 15.1 Å². The maximum absolute atomic E-state index is 9.46. The first-order valence-corrected chi connectivity index (χ1v) is 4.87. The van der Waals surface area contributed by atoms with Gasteiger partial charge in [-0.15, -0.1) is 11.3 Å². The molecule has 1 nitrogen and oxygen atoms in total. The van der Waals surface area contributed by atoms with Crippen LogP contribution >= 0.6 is 34.5 Å². The smallest absolute Gasteiger partial charge is 0.127 e. The van der Waals surface area contributed by atoms with Gasteiger partial charge in [-0.2, -0.15) is 0 Å². The van der Waals surface area contributed by atoms with Crippen molar-refractivity contribution in [1.82, 2.24) is 0 Å². The number of fused-ring (bicyclic) bond motifs is 1. The first-order chi connectivity index (χ1) is 5.68. The van der Waals surface area contributed by atoms with Gasteiger partial charge in [0.25, 0.3) is 0 Å². The summed E-state index contributed by atoms with van der Waals surface area (Å²) in [5.74, 6) is 0.142. The molecule has 1 aromatic carbocycles. The largest absolute Gasteiger partial charge is 0.507 e. The molecule has 2 rings (SSSR count). The van der Waals surface area contributed by atoms with Crippen molar-refractivity contribution in [3.05, 3.63) is 27.6 Å². The number of hydrogen-bond donors (Lipinski definition) is 1. The summed E-state index contributed by atoms with van der Waals surface area (Å²) in [4.78, 5) is 0. The first-order valence-electron chi connectivity index (χ1n) is 3.23. The summed E-state index contributed by atoms with van der Waals surface area (Å²) in [5, 5.41) is 13.0. The molecule has 0 aliphatic heterocycles.